The number of aliphatic imine (C=N–C) groups is 1. The molecule has 10 heteroatoms. The highest BCUT2D eigenvalue weighted by atomic mass is 19.1. The highest BCUT2D eigenvalue weighted by molar-refractivity contribution is 6.18. The summed E-state index contributed by atoms with van der Waals surface area (Å²) in [7, 11) is 0. The molecular weight excluding hydrogens is 469 g/mol. The molecule has 0 aliphatic carbocycles. The molecule has 2 aliphatic rings. The Morgan fingerprint density at radius 1 is 1.14 bits per heavy atom. The molecule has 5 rings (SSSR count). The summed E-state index contributed by atoms with van der Waals surface area (Å²) in [5, 5.41) is 9.34. The number of anilines is 1. The van der Waals surface area contributed by atoms with E-state index in [1.807, 2.05) is 31.7 Å². The number of aromatic nitrogens is 2. The van der Waals surface area contributed by atoms with Crippen LogP contribution in [0, 0.1) is 34.7 Å². The van der Waals surface area contributed by atoms with Gasteiger partial charge in [0.15, 0.2) is 5.69 Å². The van der Waals surface area contributed by atoms with Crippen LogP contribution >= 0.6 is 0 Å². The molecule has 7 nitrogen and oxygen atoms in total. The molecule has 0 saturated heterocycles. The van der Waals surface area contributed by atoms with Gasteiger partial charge >= 0.3 is 0 Å². The Hall–Kier alpha value is -4.13. The summed E-state index contributed by atoms with van der Waals surface area (Å²) in [5.74, 6) is -1.08. The average molecular weight is 493 g/mol. The molecule has 0 radical (unpaired) electrons. The van der Waals surface area contributed by atoms with Crippen LogP contribution in [0.1, 0.15) is 42.4 Å². The molecule has 0 unspecified atom stereocenters. The summed E-state index contributed by atoms with van der Waals surface area (Å²) in [5.41, 5.74) is 0.543. The summed E-state index contributed by atoms with van der Waals surface area (Å²) < 4.78 is 44.1. The van der Waals surface area contributed by atoms with Gasteiger partial charge in [-0.25, -0.2) is 23.1 Å². The lowest BCUT2D eigenvalue weighted by atomic mass is 10.1. The fraction of sp³-hybridized carbons (Fsp3) is 0.308. The first kappa shape index (κ1) is 23.6. The predicted octanol–water partition coefficient (Wildman–Crippen LogP) is 4.56. The number of rotatable bonds is 5. The summed E-state index contributed by atoms with van der Waals surface area (Å²) in [6, 6.07) is 9.00. The van der Waals surface area contributed by atoms with Crippen LogP contribution in [0.2, 0.25) is 0 Å². The minimum absolute atomic E-state index is 0.0709. The standard InChI is InChI=1S/C26H23F3N6O/c1-4-33-25(36)22-24(35-13-21(14(2)3)31-26(33)35)34(12-16-5-7-18(27)10-20(16)29)23(32-22)15-6-8-19(28)17(9-15)11-30/h5-10,14,21H,4,12-13H2,1-3H3/t21-/m0/s1. The molecular formula is C26H23F3N6O. The molecule has 0 N–H and O–H groups in total. The third-order valence-electron chi connectivity index (χ3n) is 6.55. The summed E-state index contributed by atoms with van der Waals surface area (Å²) >= 11 is 0. The largest absolute Gasteiger partial charge is 0.305 e. The molecule has 184 valence electrons. The van der Waals surface area contributed by atoms with Gasteiger partial charge in [-0.2, -0.15) is 5.26 Å². The third kappa shape index (κ3) is 3.71. The van der Waals surface area contributed by atoms with Crippen molar-refractivity contribution in [2.75, 3.05) is 18.0 Å². The maximum atomic E-state index is 14.7. The molecule has 0 saturated carbocycles. The Kier molecular flexibility index (Phi) is 5.79. The number of hydrogen-bond acceptors (Lipinski definition) is 5. The molecule has 1 aromatic heterocycles. The number of imidazole rings is 1. The van der Waals surface area contributed by atoms with Crippen molar-refractivity contribution in [1.29, 1.82) is 5.26 Å². The van der Waals surface area contributed by atoms with E-state index in [1.165, 1.54) is 18.2 Å². The highest BCUT2D eigenvalue weighted by Crippen LogP contribution is 2.38. The van der Waals surface area contributed by atoms with Gasteiger partial charge in [0.2, 0.25) is 5.96 Å². The number of fused-ring (bicyclic) bond motifs is 3. The van der Waals surface area contributed by atoms with Gasteiger partial charge in [0.25, 0.3) is 5.91 Å². The van der Waals surface area contributed by atoms with Crippen LogP contribution in [-0.4, -0.2) is 45.4 Å². The summed E-state index contributed by atoms with van der Waals surface area (Å²) in [4.78, 5) is 26.4. The lowest BCUT2D eigenvalue weighted by Crippen LogP contribution is -2.50. The fourth-order valence-corrected chi connectivity index (χ4v) is 4.59. The maximum Gasteiger partial charge on any atom is 0.283 e. The van der Waals surface area contributed by atoms with Gasteiger partial charge in [0.05, 0.1) is 24.7 Å². The van der Waals surface area contributed by atoms with Gasteiger partial charge in [-0.05, 0) is 37.1 Å². The first-order valence-electron chi connectivity index (χ1n) is 11.6. The minimum Gasteiger partial charge on any atom is -0.305 e. The number of benzene rings is 2. The quantitative estimate of drug-likeness (QED) is 0.523. The van der Waals surface area contributed by atoms with Gasteiger partial charge in [0, 0.05) is 23.7 Å². The lowest BCUT2D eigenvalue weighted by Gasteiger charge is -2.33. The van der Waals surface area contributed by atoms with Crippen LogP contribution in [0.4, 0.5) is 19.0 Å². The van der Waals surface area contributed by atoms with E-state index in [1.54, 1.807) is 9.47 Å². The predicted molar refractivity (Wildman–Crippen MR) is 128 cm³/mol. The maximum absolute atomic E-state index is 14.7. The molecule has 3 aromatic rings. The van der Waals surface area contributed by atoms with E-state index in [-0.39, 0.29) is 47.1 Å². The monoisotopic (exact) mass is 492 g/mol. The number of amides is 1. The first-order valence-corrected chi connectivity index (χ1v) is 11.6. The number of nitrogens with zero attached hydrogens (tertiary/aromatic N) is 6. The zero-order valence-electron chi connectivity index (χ0n) is 20.0. The zero-order chi connectivity index (χ0) is 25.7. The Bertz CT molecular complexity index is 1450. The minimum atomic E-state index is -0.743. The van der Waals surface area contributed by atoms with Gasteiger partial charge < -0.3 is 4.57 Å². The number of halogens is 3. The van der Waals surface area contributed by atoms with Crippen LogP contribution < -0.4 is 4.90 Å². The van der Waals surface area contributed by atoms with Crippen LogP contribution in [0.5, 0.6) is 0 Å². The number of hydrogen-bond donors (Lipinski definition) is 0. The van der Waals surface area contributed by atoms with Crippen LogP contribution in [0.15, 0.2) is 41.4 Å². The molecule has 3 heterocycles. The van der Waals surface area contributed by atoms with Crippen LogP contribution in [0.3, 0.4) is 0 Å². The lowest BCUT2D eigenvalue weighted by molar-refractivity contribution is 0.0841. The Morgan fingerprint density at radius 3 is 2.58 bits per heavy atom. The van der Waals surface area contributed by atoms with E-state index in [0.29, 0.717) is 30.4 Å². The van der Waals surface area contributed by atoms with E-state index in [9.17, 15) is 23.2 Å². The van der Waals surface area contributed by atoms with Crippen molar-refractivity contribution in [3.8, 4) is 17.5 Å². The van der Waals surface area contributed by atoms with Crippen molar-refractivity contribution in [1.82, 2.24) is 14.5 Å². The number of guanidine groups is 1. The summed E-state index contributed by atoms with van der Waals surface area (Å²) in [6.07, 6.45) is 0. The molecule has 36 heavy (non-hydrogen) atoms. The van der Waals surface area contributed by atoms with Crippen molar-refractivity contribution in [2.24, 2.45) is 10.9 Å². The van der Waals surface area contributed by atoms with Crippen LogP contribution in [0.25, 0.3) is 11.4 Å². The number of carbonyl (C=O) groups excluding carboxylic acids is 1. The highest BCUT2D eigenvalue weighted by Gasteiger charge is 2.44. The van der Waals surface area contributed by atoms with E-state index < -0.39 is 17.5 Å². The molecule has 2 aromatic carbocycles. The normalized spacial score (nSPS) is 16.8. The zero-order valence-corrected chi connectivity index (χ0v) is 20.0. The SMILES string of the molecule is CCN1C(=O)c2nc(-c3ccc(F)c(C#N)c3)n(Cc3ccc(F)cc3F)c2N2C[C@@H](C(C)C)N=C12. The van der Waals surface area contributed by atoms with Gasteiger partial charge in [-0.3, -0.25) is 14.6 Å². The van der Waals surface area contributed by atoms with E-state index >= 15 is 0 Å². The Labute approximate surface area is 206 Å². The molecule has 0 fully saturated rings. The van der Waals surface area contributed by atoms with Crippen molar-refractivity contribution < 1.29 is 18.0 Å². The molecule has 0 bridgehead atoms. The summed E-state index contributed by atoms with van der Waals surface area (Å²) in [6.45, 7) is 6.74. The van der Waals surface area contributed by atoms with Crippen molar-refractivity contribution in [2.45, 2.75) is 33.4 Å². The first-order chi connectivity index (χ1) is 17.2. The van der Waals surface area contributed by atoms with Crippen molar-refractivity contribution >= 4 is 17.7 Å². The van der Waals surface area contributed by atoms with Crippen molar-refractivity contribution in [3.05, 3.63) is 70.7 Å². The van der Waals surface area contributed by atoms with Gasteiger partial charge in [0.1, 0.15) is 35.2 Å². The number of carbonyl (C=O) groups is 1. The topological polar surface area (TPSA) is 77.5 Å². The fourth-order valence-electron chi connectivity index (χ4n) is 4.59. The van der Waals surface area contributed by atoms with E-state index in [4.69, 9.17) is 4.99 Å². The molecule has 0 spiro atoms. The second-order valence-electron chi connectivity index (χ2n) is 9.14. The van der Waals surface area contributed by atoms with Gasteiger partial charge in [-0.1, -0.05) is 19.9 Å². The molecule has 1 atom stereocenters. The Balaban J connectivity index is 1.75. The number of nitriles is 1. The van der Waals surface area contributed by atoms with E-state index in [2.05, 4.69) is 4.98 Å². The van der Waals surface area contributed by atoms with Gasteiger partial charge in [-0.15, -0.1) is 0 Å². The Morgan fingerprint density at radius 2 is 1.92 bits per heavy atom. The second-order valence-corrected chi connectivity index (χ2v) is 9.14. The van der Waals surface area contributed by atoms with Crippen LogP contribution in [-0.2, 0) is 6.54 Å². The van der Waals surface area contributed by atoms with E-state index in [0.717, 1.165) is 18.2 Å². The molecule has 2 aliphatic heterocycles. The third-order valence-corrected chi connectivity index (χ3v) is 6.55. The second kappa shape index (κ2) is 8.82. The smallest absolute Gasteiger partial charge is 0.283 e. The molecule has 1 amide bonds. The van der Waals surface area contributed by atoms with Crippen molar-refractivity contribution in [3.63, 3.8) is 0 Å². The average Bonchev–Trinajstić information content (AvgIpc) is 3.44.